The lowest BCUT2D eigenvalue weighted by molar-refractivity contribution is 0.0500. The Labute approximate surface area is 234 Å². The molecule has 3 amide bonds. The molecule has 1 aromatic carbocycles. The van der Waals surface area contributed by atoms with Crippen molar-refractivity contribution < 1.29 is 14.3 Å². The smallest absolute Gasteiger partial charge is 0.320 e. The van der Waals surface area contributed by atoms with Crippen LogP contribution in [0.15, 0.2) is 24.3 Å². The van der Waals surface area contributed by atoms with Crippen LogP contribution in [0.5, 0.6) is 0 Å². The second-order valence-corrected chi connectivity index (χ2v) is 11.2. The highest BCUT2D eigenvalue weighted by Crippen LogP contribution is 2.29. The maximum Gasteiger partial charge on any atom is 0.320 e. The van der Waals surface area contributed by atoms with Gasteiger partial charge < -0.3 is 35.8 Å². The van der Waals surface area contributed by atoms with Crippen LogP contribution < -0.4 is 21.3 Å². The number of rotatable bonds is 7. The molecule has 12 heteroatoms. The van der Waals surface area contributed by atoms with Crippen molar-refractivity contribution in [2.24, 2.45) is 5.73 Å². The maximum absolute atomic E-state index is 13.3. The molecule has 4 N–H and O–H groups in total. The first kappa shape index (κ1) is 26.7. The SMILES string of the molecule is NC(=O)c1nnc(N2CCCC(N3CCN(C4CCOCC4)C3=O)C2)nc1Nc1ccc(C2CCNCC2)cc1. The van der Waals surface area contributed by atoms with E-state index in [4.69, 9.17) is 15.5 Å². The molecule has 0 aliphatic carbocycles. The van der Waals surface area contributed by atoms with E-state index in [1.165, 1.54) is 5.56 Å². The van der Waals surface area contributed by atoms with Crippen molar-refractivity contribution in [1.29, 1.82) is 0 Å². The number of carbonyl (C=O) groups excluding carboxylic acids is 2. The minimum atomic E-state index is -0.687. The fourth-order valence-corrected chi connectivity index (χ4v) is 6.47. The monoisotopic (exact) mass is 549 g/mol. The second-order valence-electron chi connectivity index (χ2n) is 11.2. The van der Waals surface area contributed by atoms with E-state index in [1.54, 1.807) is 0 Å². The third-order valence-corrected chi connectivity index (χ3v) is 8.72. The number of hydrogen-bond acceptors (Lipinski definition) is 9. The average Bonchev–Trinajstić information content (AvgIpc) is 3.39. The quantitative estimate of drug-likeness (QED) is 0.473. The summed E-state index contributed by atoms with van der Waals surface area (Å²) in [5.74, 6) is 0.587. The van der Waals surface area contributed by atoms with E-state index in [9.17, 15) is 9.59 Å². The number of hydrogen-bond donors (Lipinski definition) is 3. The number of nitrogens with two attached hydrogens (primary N) is 1. The Morgan fingerprint density at radius 2 is 1.68 bits per heavy atom. The Hall–Kier alpha value is -3.51. The van der Waals surface area contributed by atoms with E-state index in [0.29, 0.717) is 18.4 Å². The predicted octanol–water partition coefficient (Wildman–Crippen LogP) is 2.07. The molecule has 1 unspecified atom stereocenters. The van der Waals surface area contributed by atoms with Crippen molar-refractivity contribution in [3.05, 3.63) is 35.5 Å². The second kappa shape index (κ2) is 11.9. The van der Waals surface area contributed by atoms with Gasteiger partial charge in [-0.25, -0.2) is 4.79 Å². The third kappa shape index (κ3) is 5.68. The number of piperidine rings is 2. The molecule has 4 fully saturated rings. The summed E-state index contributed by atoms with van der Waals surface area (Å²) >= 11 is 0. The van der Waals surface area contributed by atoms with E-state index in [0.717, 1.165) is 90.1 Å². The van der Waals surface area contributed by atoms with Crippen molar-refractivity contribution in [3.63, 3.8) is 0 Å². The number of amides is 3. The van der Waals surface area contributed by atoms with Crippen LogP contribution in [-0.4, -0.2) is 101 Å². The average molecular weight is 550 g/mol. The number of ether oxygens (including phenoxy) is 1. The third-order valence-electron chi connectivity index (χ3n) is 8.72. The van der Waals surface area contributed by atoms with E-state index in [2.05, 4.69) is 37.9 Å². The van der Waals surface area contributed by atoms with Gasteiger partial charge in [-0.2, -0.15) is 4.98 Å². The molecule has 0 radical (unpaired) electrons. The fraction of sp³-hybridized carbons (Fsp3) is 0.607. The zero-order valence-electron chi connectivity index (χ0n) is 22.9. The van der Waals surface area contributed by atoms with Crippen molar-refractivity contribution in [2.45, 2.75) is 56.5 Å². The molecule has 40 heavy (non-hydrogen) atoms. The Morgan fingerprint density at radius 3 is 2.40 bits per heavy atom. The predicted molar refractivity (Wildman–Crippen MR) is 151 cm³/mol. The Kier molecular flexibility index (Phi) is 7.96. The zero-order chi connectivity index (χ0) is 27.5. The molecular weight excluding hydrogens is 510 g/mol. The molecule has 5 heterocycles. The van der Waals surface area contributed by atoms with Gasteiger partial charge in [0.25, 0.3) is 5.91 Å². The molecule has 2 aromatic rings. The molecule has 6 rings (SSSR count). The molecule has 4 aliphatic rings. The van der Waals surface area contributed by atoms with Crippen molar-refractivity contribution in [2.75, 3.05) is 62.7 Å². The molecule has 0 bridgehead atoms. The van der Waals surface area contributed by atoms with E-state index < -0.39 is 5.91 Å². The summed E-state index contributed by atoms with van der Waals surface area (Å²) in [4.78, 5) is 36.3. The fourth-order valence-electron chi connectivity index (χ4n) is 6.47. The highest BCUT2D eigenvalue weighted by atomic mass is 16.5. The summed E-state index contributed by atoms with van der Waals surface area (Å²) in [6.45, 7) is 6.38. The summed E-state index contributed by atoms with van der Waals surface area (Å²) in [5, 5.41) is 15.1. The number of aromatic nitrogens is 3. The molecule has 4 saturated heterocycles. The standard InChI is InChI=1S/C28H39N9O3/c29-25(38)24-26(31-21-5-3-19(4-6-21)20-7-11-30-12-8-20)32-27(34-33-24)35-13-1-2-23(18-35)37-15-14-36(28(37)39)22-9-16-40-17-10-22/h3-6,20,22-23,30H,1-2,7-18H2,(H2,29,38)(H,31,32,34). The van der Waals surface area contributed by atoms with Crippen LogP contribution in [-0.2, 0) is 4.74 Å². The number of urea groups is 1. The first-order chi connectivity index (χ1) is 19.6. The minimum absolute atomic E-state index is 0.00145. The van der Waals surface area contributed by atoms with Gasteiger partial charge in [0.2, 0.25) is 5.95 Å². The van der Waals surface area contributed by atoms with E-state index in [1.807, 2.05) is 21.9 Å². The largest absolute Gasteiger partial charge is 0.381 e. The minimum Gasteiger partial charge on any atom is -0.381 e. The lowest BCUT2D eigenvalue weighted by atomic mass is 9.90. The molecule has 0 saturated carbocycles. The first-order valence-corrected chi connectivity index (χ1v) is 14.6. The molecule has 12 nitrogen and oxygen atoms in total. The highest BCUT2D eigenvalue weighted by Gasteiger charge is 2.39. The molecule has 4 aliphatic heterocycles. The van der Waals surface area contributed by atoms with Crippen LogP contribution in [0.4, 0.5) is 22.2 Å². The van der Waals surface area contributed by atoms with Crippen LogP contribution in [0.3, 0.4) is 0 Å². The number of primary amides is 1. The van der Waals surface area contributed by atoms with Gasteiger partial charge in [0.05, 0.1) is 6.04 Å². The molecular formula is C28H39N9O3. The van der Waals surface area contributed by atoms with Gasteiger partial charge in [-0.1, -0.05) is 12.1 Å². The van der Waals surface area contributed by atoms with Crippen LogP contribution >= 0.6 is 0 Å². The molecule has 214 valence electrons. The van der Waals surface area contributed by atoms with Crippen LogP contribution in [0, 0.1) is 0 Å². The van der Waals surface area contributed by atoms with E-state index in [-0.39, 0.29) is 29.6 Å². The maximum atomic E-state index is 13.3. The molecule has 1 aromatic heterocycles. The van der Waals surface area contributed by atoms with Gasteiger partial charge in [-0.3, -0.25) is 4.79 Å². The zero-order valence-corrected chi connectivity index (χ0v) is 22.9. The number of benzene rings is 1. The molecule has 0 spiro atoms. The molecule has 1 atom stereocenters. The summed E-state index contributed by atoms with van der Waals surface area (Å²) < 4.78 is 5.49. The van der Waals surface area contributed by atoms with Gasteiger partial charge in [0, 0.05) is 51.1 Å². The van der Waals surface area contributed by atoms with Gasteiger partial charge >= 0.3 is 6.03 Å². The van der Waals surface area contributed by atoms with Gasteiger partial charge in [0.15, 0.2) is 11.5 Å². The topological polar surface area (TPSA) is 142 Å². The first-order valence-electron chi connectivity index (χ1n) is 14.6. The van der Waals surface area contributed by atoms with Gasteiger partial charge in [-0.15, -0.1) is 10.2 Å². The summed E-state index contributed by atoms with van der Waals surface area (Å²) in [7, 11) is 0. The highest BCUT2D eigenvalue weighted by molar-refractivity contribution is 5.96. The van der Waals surface area contributed by atoms with Crippen LogP contribution in [0.25, 0.3) is 0 Å². The summed E-state index contributed by atoms with van der Waals surface area (Å²) in [5.41, 5.74) is 7.74. The Morgan fingerprint density at radius 1 is 0.950 bits per heavy atom. The van der Waals surface area contributed by atoms with E-state index >= 15 is 0 Å². The number of carbonyl (C=O) groups is 2. The van der Waals surface area contributed by atoms with Crippen molar-refractivity contribution in [3.8, 4) is 0 Å². The Bertz CT molecular complexity index is 1200. The van der Waals surface area contributed by atoms with Crippen molar-refractivity contribution >= 4 is 29.4 Å². The van der Waals surface area contributed by atoms with Crippen molar-refractivity contribution in [1.82, 2.24) is 30.3 Å². The normalized spacial score (nSPS) is 23.1. The lowest BCUT2D eigenvalue weighted by Crippen LogP contribution is -2.51. The van der Waals surface area contributed by atoms with Crippen LogP contribution in [0.2, 0.25) is 0 Å². The van der Waals surface area contributed by atoms with Crippen LogP contribution in [0.1, 0.15) is 60.5 Å². The number of anilines is 3. The van der Waals surface area contributed by atoms with Gasteiger partial charge in [0.1, 0.15) is 0 Å². The summed E-state index contributed by atoms with van der Waals surface area (Å²) in [6, 6.07) is 8.73. The lowest BCUT2D eigenvalue weighted by Gasteiger charge is -2.38. The summed E-state index contributed by atoms with van der Waals surface area (Å²) in [6.07, 6.45) is 5.91. The number of nitrogens with one attached hydrogen (secondary N) is 2. The number of nitrogens with zero attached hydrogens (tertiary/aromatic N) is 6. The Balaban J connectivity index is 1.15. The van der Waals surface area contributed by atoms with Gasteiger partial charge in [-0.05, 0) is 75.2 Å².